The van der Waals surface area contributed by atoms with Crippen molar-refractivity contribution < 1.29 is 9.90 Å². The first-order valence-electron chi connectivity index (χ1n) is 7.39. The highest BCUT2D eigenvalue weighted by Crippen LogP contribution is 2.14. The number of rotatable bonds is 8. The first kappa shape index (κ1) is 16.4. The molecule has 1 unspecified atom stereocenters. The molecule has 0 radical (unpaired) electrons. The minimum atomic E-state index is -0.725. The summed E-state index contributed by atoms with van der Waals surface area (Å²) < 4.78 is 0. The molecule has 19 heavy (non-hydrogen) atoms. The summed E-state index contributed by atoms with van der Waals surface area (Å²) in [4.78, 5) is 15.8. The summed E-state index contributed by atoms with van der Waals surface area (Å²) in [6.45, 7) is 5.89. The lowest BCUT2D eigenvalue weighted by Crippen LogP contribution is -2.45. The lowest BCUT2D eigenvalue weighted by atomic mass is 10.0. The zero-order chi connectivity index (χ0) is 14.3. The van der Waals surface area contributed by atoms with Crippen molar-refractivity contribution in [2.45, 2.75) is 44.7 Å². The van der Waals surface area contributed by atoms with E-state index in [1.165, 1.54) is 12.8 Å². The maximum absolute atomic E-state index is 11.1. The van der Waals surface area contributed by atoms with Crippen LogP contribution in [0.25, 0.3) is 0 Å². The van der Waals surface area contributed by atoms with Crippen molar-refractivity contribution in [1.82, 2.24) is 15.1 Å². The van der Waals surface area contributed by atoms with Gasteiger partial charge in [-0.15, -0.1) is 0 Å². The number of carboxylic acid groups (broad SMARTS) is 1. The van der Waals surface area contributed by atoms with Gasteiger partial charge in [0.05, 0.1) is 0 Å². The van der Waals surface area contributed by atoms with Gasteiger partial charge in [-0.05, 0) is 59.4 Å². The summed E-state index contributed by atoms with van der Waals surface area (Å²) in [6, 6.07) is 0.288. The largest absolute Gasteiger partial charge is 0.480 e. The Hall–Kier alpha value is -0.650. The van der Waals surface area contributed by atoms with Crippen LogP contribution in [0.1, 0.15) is 32.6 Å². The Bertz CT molecular complexity index is 263. The van der Waals surface area contributed by atoms with Crippen LogP contribution in [0, 0.1) is 0 Å². The van der Waals surface area contributed by atoms with Gasteiger partial charge in [0.15, 0.2) is 0 Å². The zero-order valence-corrected chi connectivity index (χ0v) is 12.6. The van der Waals surface area contributed by atoms with Crippen molar-refractivity contribution in [3.63, 3.8) is 0 Å². The lowest BCUT2D eigenvalue weighted by molar-refractivity contribution is -0.139. The van der Waals surface area contributed by atoms with Crippen LogP contribution in [-0.4, -0.2) is 73.2 Å². The number of nitrogens with zero attached hydrogens (tertiary/aromatic N) is 2. The number of carbonyl (C=O) groups is 1. The van der Waals surface area contributed by atoms with Crippen molar-refractivity contribution in [2.24, 2.45) is 0 Å². The van der Waals surface area contributed by atoms with Crippen LogP contribution < -0.4 is 5.32 Å². The zero-order valence-electron chi connectivity index (χ0n) is 12.6. The van der Waals surface area contributed by atoms with E-state index < -0.39 is 12.0 Å². The average Bonchev–Trinajstić information content (AvgIpc) is 2.39. The van der Waals surface area contributed by atoms with Gasteiger partial charge in [0, 0.05) is 12.6 Å². The minimum absolute atomic E-state index is 0.397. The van der Waals surface area contributed by atoms with Gasteiger partial charge < -0.3 is 20.2 Å². The second kappa shape index (κ2) is 8.51. The first-order chi connectivity index (χ1) is 9.04. The summed E-state index contributed by atoms with van der Waals surface area (Å²) in [7, 11) is 4.27. The predicted octanol–water partition coefficient (Wildman–Crippen LogP) is 0.855. The van der Waals surface area contributed by atoms with Gasteiger partial charge in [0.25, 0.3) is 0 Å². The molecule has 0 bridgehead atoms. The van der Waals surface area contributed by atoms with E-state index >= 15 is 0 Å². The maximum Gasteiger partial charge on any atom is 0.320 e. The maximum atomic E-state index is 11.1. The molecule has 112 valence electrons. The third-order valence-corrected chi connectivity index (χ3v) is 3.96. The Kier molecular flexibility index (Phi) is 7.34. The molecule has 1 atom stereocenters. The van der Waals surface area contributed by atoms with E-state index in [1.54, 1.807) is 0 Å². The SMILES string of the molecule is CCCNC(CCN1CCC(N(C)C)CC1)C(=O)O. The third-order valence-electron chi connectivity index (χ3n) is 3.96. The molecule has 5 heteroatoms. The molecular weight excluding hydrogens is 242 g/mol. The van der Waals surface area contributed by atoms with Gasteiger partial charge in [0.2, 0.25) is 0 Å². The van der Waals surface area contributed by atoms with Crippen LogP contribution in [0.4, 0.5) is 0 Å². The number of piperidine rings is 1. The van der Waals surface area contributed by atoms with E-state index in [4.69, 9.17) is 5.11 Å². The van der Waals surface area contributed by atoms with E-state index in [1.807, 2.05) is 0 Å². The predicted molar refractivity (Wildman–Crippen MR) is 77.5 cm³/mol. The molecule has 0 saturated carbocycles. The minimum Gasteiger partial charge on any atom is -0.480 e. The lowest BCUT2D eigenvalue weighted by Gasteiger charge is -2.35. The highest BCUT2D eigenvalue weighted by molar-refractivity contribution is 5.73. The number of likely N-dealkylation sites (tertiary alicyclic amines) is 1. The Balaban J connectivity index is 2.26. The fraction of sp³-hybridized carbons (Fsp3) is 0.929. The van der Waals surface area contributed by atoms with Gasteiger partial charge >= 0.3 is 5.97 Å². The van der Waals surface area contributed by atoms with E-state index in [2.05, 4.69) is 36.1 Å². The smallest absolute Gasteiger partial charge is 0.320 e. The van der Waals surface area contributed by atoms with Crippen molar-refractivity contribution in [2.75, 3.05) is 40.3 Å². The van der Waals surface area contributed by atoms with Gasteiger partial charge in [-0.3, -0.25) is 4.79 Å². The number of hydrogen-bond donors (Lipinski definition) is 2. The summed E-state index contributed by atoms with van der Waals surface area (Å²) in [5.74, 6) is -0.725. The van der Waals surface area contributed by atoms with Crippen LogP contribution in [0.3, 0.4) is 0 Å². The molecule has 1 aliphatic heterocycles. The highest BCUT2D eigenvalue weighted by Gasteiger charge is 2.22. The molecule has 5 nitrogen and oxygen atoms in total. The Labute approximate surface area is 117 Å². The van der Waals surface area contributed by atoms with Crippen LogP contribution in [0.5, 0.6) is 0 Å². The first-order valence-corrected chi connectivity index (χ1v) is 7.39. The molecule has 1 saturated heterocycles. The number of hydrogen-bond acceptors (Lipinski definition) is 4. The summed E-state index contributed by atoms with van der Waals surface area (Å²) in [5.41, 5.74) is 0. The average molecular weight is 271 g/mol. The van der Waals surface area contributed by atoms with Crippen LogP contribution in [0.2, 0.25) is 0 Å². The Morgan fingerprint density at radius 2 is 2.05 bits per heavy atom. The van der Waals surface area contributed by atoms with E-state index in [9.17, 15) is 4.79 Å². The molecule has 1 fully saturated rings. The summed E-state index contributed by atoms with van der Waals surface area (Å²) >= 11 is 0. The highest BCUT2D eigenvalue weighted by atomic mass is 16.4. The quantitative estimate of drug-likeness (QED) is 0.685. The molecule has 0 aliphatic carbocycles. The van der Waals surface area contributed by atoms with Gasteiger partial charge in [-0.2, -0.15) is 0 Å². The molecular formula is C14H29N3O2. The number of carboxylic acids is 1. The molecule has 1 aliphatic rings. The molecule has 2 N–H and O–H groups in total. The van der Waals surface area contributed by atoms with E-state index in [-0.39, 0.29) is 0 Å². The fourth-order valence-electron chi connectivity index (χ4n) is 2.60. The molecule has 1 rings (SSSR count). The summed E-state index contributed by atoms with van der Waals surface area (Å²) in [6.07, 6.45) is 4.04. The second-order valence-electron chi connectivity index (χ2n) is 5.67. The van der Waals surface area contributed by atoms with Crippen molar-refractivity contribution >= 4 is 5.97 Å². The monoisotopic (exact) mass is 271 g/mol. The fourth-order valence-corrected chi connectivity index (χ4v) is 2.60. The van der Waals surface area contributed by atoms with E-state index in [0.29, 0.717) is 12.5 Å². The van der Waals surface area contributed by atoms with Crippen LogP contribution >= 0.6 is 0 Å². The molecule has 0 aromatic heterocycles. The van der Waals surface area contributed by atoms with Crippen molar-refractivity contribution in [3.05, 3.63) is 0 Å². The Morgan fingerprint density at radius 3 is 2.53 bits per heavy atom. The Morgan fingerprint density at radius 1 is 1.42 bits per heavy atom. The molecule has 0 spiro atoms. The molecule has 1 heterocycles. The summed E-state index contributed by atoms with van der Waals surface area (Å²) in [5, 5.41) is 12.3. The number of nitrogens with one attached hydrogen (secondary N) is 1. The number of aliphatic carboxylic acids is 1. The van der Waals surface area contributed by atoms with Crippen LogP contribution in [-0.2, 0) is 4.79 Å². The van der Waals surface area contributed by atoms with Gasteiger partial charge in [-0.1, -0.05) is 6.92 Å². The van der Waals surface area contributed by atoms with Crippen molar-refractivity contribution in [3.8, 4) is 0 Å². The third kappa shape index (κ3) is 5.89. The molecule has 0 aromatic carbocycles. The van der Waals surface area contributed by atoms with E-state index in [0.717, 1.165) is 32.6 Å². The molecule has 0 amide bonds. The normalized spacial score (nSPS) is 19.8. The molecule has 0 aromatic rings. The topological polar surface area (TPSA) is 55.8 Å². The standard InChI is InChI=1S/C14H29N3O2/c1-4-8-15-13(14(18)19)7-11-17-9-5-12(6-10-17)16(2)3/h12-13,15H,4-11H2,1-3H3,(H,18,19). The van der Waals surface area contributed by atoms with Crippen LogP contribution in [0.15, 0.2) is 0 Å². The van der Waals surface area contributed by atoms with Gasteiger partial charge in [-0.25, -0.2) is 0 Å². The van der Waals surface area contributed by atoms with Crippen molar-refractivity contribution in [1.29, 1.82) is 0 Å². The van der Waals surface area contributed by atoms with Gasteiger partial charge in [0.1, 0.15) is 6.04 Å². The second-order valence-corrected chi connectivity index (χ2v) is 5.67.